The number of carbonyl (C=O) groups excluding carboxylic acids is 1. The van der Waals surface area contributed by atoms with E-state index in [0.29, 0.717) is 41.1 Å². The zero-order chi connectivity index (χ0) is 19.6. The van der Waals surface area contributed by atoms with Gasteiger partial charge in [-0.05, 0) is 43.0 Å². The second kappa shape index (κ2) is 7.90. The van der Waals surface area contributed by atoms with Crippen LogP contribution in [0.25, 0.3) is 16.4 Å². The van der Waals surface area contributed by atoms with Crippen molar-refractivity contribution in [1.82, 2.24) is 19.5 Å². The molecule has 1 amide bonds. The van der Waals surface area contributed by atoms with Crippen LogP contribution in [0, 0.1) is 11.7 Å². The highest BCUT2D eigenvalue weighted by Gasteiger charge is 2.21. The molecule has 2 heterocycles. The minimum atomic E-state index is -0.369. The molecule has 6 nitrogen and oxygen atoms in total. The summed E-state index contributed by atoms with van der Waals surface area (Å²) in [6.45, 7) is 7.75. The van der Waals surface area contributed by atoms with Gasteiger partial charge in [-0.15, -0.1) is 0 Å². The molecule has 27 heavy (non-hydrogen) atoms. The van der Waals surface area contributed by atoms with Gasteiger partial charge in [-0.1, -0.05) is 27.2 Å². The lowest BCUT2D eigenvalue weighted by atomic mass is 10.0. The van der Waals surface area contributed by atoms with Crippen LogP contribution in [0.5, 0.6) is 0 Å². The molecule has 2 N–H and O–H groups in total. The highest BCUT2D eigenvalue weighted by atomic mass is 19.1. The number of benzene rings is 1. The lowest BCUT2D eigenvalue weighted by molar-refractivity contribution is 0.0740. The topological polar surface area (TPSA) is 76.5 Å². The van der Waals surface area contributed by atoms with Crippen molar-refractivity contribution in [1.29, 1.82) is 0 Å². The first kappa shape index (κ1) is 19.1. The van der Waals surface area contributed by atoms with Crippen LogP contribution in [-0.2, 0) is 0 Å². The Labute approximate surface area is 158 Å². The van der Waals surface area contributed by atoms with E-state index in [0.717, 1.165) is 19.3 Å². The normalized spacial score (nSPS) is 12.6. The van der Waals surface area contributed by atoms with Crippen molar-refractivity contribution in [3.05, 3.63) is 35.8 Å². The number of aromatic nitrogens is 3. The first-order valence-corrected chi connectivity index (χ1v) is 9.48. The Hall–Kier alpha value is -2.70. The predicted octanol–water partition coefficient (Wildman–Crippen LogP) is 3.89. The van der Waals surface area contributed by atoms with Crippen LogP contribution in [0.15, 0.2) is 24.3 Å². The van der Waals surface area contributed by atoms with Gasteiger partial charge in [0.15, 0.2) is 5.69 Å². The summed E-state index contributed by atoms with van der Waals surface area (Å²) in [7, 11) is 0. The number of nitrogens with zero attached hydrogens (tertiary/aromatic N) is 4. The third kappa shape index (κ3) is 3.86. The zero-order valence-electron chi connectivity index (χ0n) is 16.1. The molecule has 0 aliphatic carbocycles. The Morgan fingerprint density at radius 1 is 1.30 bits per heavy atom. The summed E-state index contributed by atoms with van der Waals surface area (Å²) in [5, 5.41) is 4.94. The van der Waals surface area contributed by atoms with Gasteiger partial charge in [0.05, 0.1) is 11.0 Å². The fraction of sp³-hybridized carbons (Fsp3) is 0.450. The number of amides is 1. The molecule has 144 valence electrons. The van der Waals surface area contributed by atoms with Crippen LogP contribution in [-0.4, -0.2) is 38.5 Å². The second-order valence-corrected chi connectivity index (χ2v) is 7.05. The highest BCUT2D eigenvalue weighted by molar-refractivity contribution is 5.99. The fourth-order valence-electron chi connectivity index (χ4n) is 3.16. The van der Waals surface area contributed by atoms with Crippen molar-refractivity contribution in [2.75, 3.05) is 18.8 Å². The Kier molecular flexibility index (Phi) is 5.58. The average molecular weight is 371 g/mol. The van der Waals surface area contributed by atoms with Crippen LogP contribution in [0.3, 0.4) is 0 Å². The highest BCUT2D eigenvalue weighted by Crippen LogP contribution is 2.23. The zero-order valence-corrected chi connectivity index (χ0v) is 16.1. The van der Waals surface area contributed by atoms with E-state index in [1.165, 1.54) is 16.6 Å². The maximum atomic E-state index is 13.7. The fourth-order valence-corrected chi connectivity index (χ4v) is 3.16. The Morgan fingerprint density at radius 3 is 2.78 bits per heavy atom. The van der Waals surface area contributed by atoms with E-state index in [2.05, 4.69) is 23.9 Å². The maximum Gasteiger partial charge on any atom is 0.274 e. The SMILES string of the molecule is CCCN(CCC(C)CC)C(=O)c1cc2c3cc(F)ccc3nc(N)n2n1. The summed E-state index contributed by atoms with van der Waals surface area (Å²) in [6, 6.07) is 5.98. The van der Waals surface area contributed by atoms with Crippen molar-refractivity contribution in [3.63, 3.8) is 0 Å². The lowest BCUT2D eigenvalue weighted by Crippen LogP contribution is -2.33. The summed E-state index contributed by atoms with van der Waals surface area (Å²) in [5.41, 5.74) is 7.45. The quantitative estimate of drug-likeness (QED) is 0.683. The molecule has 2 aromatic heterocycles. The minimum absolute atomic E-state index is 0.132. The molecule has 0 spiro atoms. The van der Waals surface area contributed by atoms with Crippen molar-refractivity contribution in [2.24, 2.45) is 5.92 Å². The van der Waals surface area contributed by atoms with Gasteiger partial charge in [-0.2, -0.15) is 9.61 Å². The molecule has 7 heteroatoms. The summed E-state index contributed by atoms with van der Waals surface area (Å²) < 4.78 is 15.1. The van der Waals surface area contributed by atoms with Gasteiger partial charge in [0.25, 0.3) is 5.91 Å². The molecule has 0 radical (unpaired) electrons. The van der Waals surface area contributed by atoms with E-state index in [1.54, 1.807) is 12.1 Å². The van der Waals surface area contributed by atoms with Crippen LogP contribution in [0.2, 0.25) is 0 Å². The van der Waals surface area contributed by atoms with E-state index >= 15 is 0 Å². The molecule has 3 aromatic rings. The molecule has 3 rings (SSSR count). The van der Waals surface area contributed by atoms with Gasteiger partial charge in [-0.3, -0.25) is 4.79 Å². The molecule has 0 aliphatic rings. The molecule has 0 bridgehead atoms. The van der Waals surface area contributed by atoms with Crippen molar-refractivity contribution in [3.8, 4) is 0 Å². The van der Waals surface area contributed by atoms with E-state index in [4.69, 9.17) is 5.73 Å². The molecular weight excluding hydrogens is 345 g/mol. The third-order valence-electron chi connectivity index (χ3n) is 4.98. The van der Waals surface area contributed by atoms with E-state index in [9.17, 15) is 9.18 Å². The number of halogens is 1. The number of rotatable bonds is 7. The first-order chi connectivity index (χ1) is 12.9. The number of nitrogen functional groups attached to an aromatic ring is 1. The molecule has 0 saturated carbocycles. The van der Waals surface area contributed by atoms with Gasteiger partial charge in [0, 0.05) is 18.5 Å². The predicted molar refractivity (Wildman–Crippen MR) is 105 cm³/mol. The van der Waals surface area contributed by atoms with Gasteiger partial charge in [-0.25, -0.2) is 9.37 Å². The summed E-state index contributed by atoms with van der Waals surface area (Å²) in [6.07, 6.45) is 2.91. The van der Waals surface area contributed by atoms with Crippen LogP contribution in [0.4, 0.5) is 10.3 Å². The molecular formula is C20H26FN5O. The second-order valence-electron chi connectivity index (χ2n) is 7.05. The van der Waals surface area contributed by atoms with Crippen LogP contribution in [0.1, 0.15) is 50.5 Å². The number of hydrogen-bond donors (Lipinski definition) is 1. The number of nitrogens with two attached hydrogens (primary N) is 1. The van der Waals surface area contributed by atoms with E-state index < -0.39 is 0 Å². The number of fused-ring (bicyclic) bond motifs is 3. The average Bonchev–Trinajstić information content (AvgIpc) is 3.11. The number of anilines is 1. The summed E-state index contributed by atoms with van der Waals surface area (Å²) in [5.74, 6) is 0.230. The van der Waals surface area contributed by atoms with Crippen molar-refractivity contribution < 1.29 is 9.18 Å². The minimum Gasteiger partial charge on any atom is -0.368 e. The van der Waals surface area contributed by atoms with Gasteiger partial charge < -0.3 is 10.6 Å². The Morgan fingerprint density at radius 2 is 2.07 bits per heavy atom. The van der Waals surface area contributed by atoms with Gasteiger partial charge in [0.2, 0.25) is 5.95 Å². The van der Waals surface area contributed by atoms with Crippen LogP contribution >= 0.6 is 0 Å². The van der Waals surface area contributed by atoms with Gasteiger partial charge >= 0.3 is 0 Å². The Balaban J connectivity index is 1.99. The smallest absolute Gasteiger partial charge is 0.274 e. The van der Waals surface area contributed by atoms with E-state index in [1.807, 2.05) is 11.8 Å². The van der Waals surface area contributed by atoms with Crippen LogP contribution < -0.4 is 5.73 Å². The third-order valence-corrected chi connectivity index (χ3v) is 4.98. The largest absolute Gasteiger partial charge is 0.368 e. The molecule has 0 fully saturated rings. The lowest BCUT2D eigenvalue weighted by Gasteiger charge is -2.22. The Bertz CT molecular complexity index is 968. The monoisotopic (exact) mass is 371 g/mol. The first-order valence-electron chi connectivity index (χ1n) is 9.48. The molecule has 1 unspecified atom stereocenters. The summed E-state index contributed by atoms with van der Waals surface area (Å²) in [4.78, 5) is 19.1. The standard InChI is InChI=1S/C20H26FN5O/c1-4-9-25(10-8-13(3)5-2)19(27)17-12-18-15-11-14(21)6-7-16(15)23-20(22)26(18)24-17/h6-7,11-13H,4-5,8-10H2,1-3H3,(H2,22,23). The number of carbonyl (C=O) groups is 1. The van der Waals surface area contributed by atoms with Crippen molar-refractivity contribution >= 4 is 28.3 Å². The summed E-state index contributed by atoms with van der Waals surface area (Å²) >= 11 is 0. The number of hydrogen-bond acceptors (Lipinski definition) is 4. The molecule has 0 aliphatic heterocycles. The van der Waals surface area contributed by atoms with Gasteiger partial charge in [0.1, 0.15) is 5.82 Å². The van der Waals surface area contributed by atoms with Crippen molar-refractivity contribution in [2.45, 2.75) is 40.0 Å². The van der Waals surface area contributed by atoms with E-state index in [-0.39, 0.29) is 17.7 Å². The molecule has 1 aromatic carbocycles. The molecule has 0 saturated heterocycles. The molecule has 1 atom stereocenters. The maximum absolute atomic E-state index is 13.7.